The quantitative estimate of drug-likeness (QED) is 0.712. The van der Waals surface area contributed by atoms with Gasteiger partial charge in [0.15, 0.2) is 6.29 Å². The monoisotopic (exact) mass is 208 g/mol. The number of fused-ring (bicyclic) bond motifs is 1. The average Bonchev–Trinajstić information content (AvgIpc) is 2.13. The van der Waals surface area contributed by atoms with Gasteiger partial charge in [0.05, 0.1) is 6.10 Å². The van der Waals surface area contributed by atoms with Gasteiger partial charge >= 0.3 is 0 Å². The smallest absolute Gasteiger partial charge is 0.197 e. The van der Waals surface area contributed by atoms with Gasteiger partial charge in [0.25, 0.3) is 0 Å². The van der Waals surface area contributed by atoms with Crippen molar-refractivity contribution >= 4 is 0 Å². The van der Waals surface area contributed by atoms with Crippen molar-refractivity contribution in [2.24, 2.45) is 0 Å². The fourth-order valence-electron chi connectivity index (χ4n) is 2.12. The Labute approximate surface area is 89.6 Å². The van der Waals surface area contributed by atoms with E-state index in [0.29, 0.717) is 5.75 Å². The molecule has 1 aromatic carbocycles. The van der Waals surface area contributed by atoms with E-state index in [2.05, 4.69) is 0 Å². The van der Waals surface area contributed by atoms with Crippen LogP contribution in [0.3, 0.4) is 0 Å². The highest BCUT2D eigenvalue weighted by atomic mass is 16.7. The molecule has 0 bridgehead atoms. The Morgan fingerprint density at radius 2 is 1.93 bits per heavy atom. The van der Waals surface area contributed by atoms with E-state index in [1.807, 2.05) is 33.8 Å². The van der Waals surface area contributed by atoms with Crippen LogP contribution in [0.4, 0.5) is 0 Å². The maximum absolute atomic E-state index is 9.83. The molecule has 0 amide bonds. The standard InChI is InChI=1S/C12H16O3/c1-6-5-10-11(7(2)12(6)13)8(3)14-9(4)15-10/h5,8-9,13H,1-4H3. The molecular weight excluding hydrogens is 192 g/mol. The third-order valence-corrected chi connectivity index (χ3v) is 2.84. The van der Waals surface area contributed by atoms with E-state index in [4.69, 9.17) is 9.47 Å². The molecule has 3 heteroatoms. The van der Waals surface area contributed by atoms with Crippen LogP contribution < -0.4 is 4.74 Å². The molecule has 2 rings (SSSR count). The second-order valence-corrected chi connectivity index (χ2v) is 4.04. The maximum Gasteiger partial charge on any atom is 0.197 e. The van der Waals surface area contributed by atoms with Crippen molar-refractivity contribution in [3.05, 3.63) is 22.8 Å². The van der Waals surface area contributed by atoms with Gasteiger partial charge in [0.2, 0.25) is 0 Å². The van der Waals surface area contributed by atoms with Crippen molar-refractivity contribution in [1.29, 1.82) is 0 Å². The number of phenols is 1. The van der Waals surface area contributed by atoms with Crippen molar-refractivity contribution in [2.45, 2.75) is 40.1 Å². The van der Waals surface area contributed by atoms with Gasteiger partial charge in [-0.3, -0.25) is 0 Å². The van der Waals surface area contributed by atoms with E-state index >= 15 is 0 Å². The van der Waals surface area contributed by atoms with Crippen LogP contribution in [0.15, 0.2) is 6.07 Å². The number of aryl methyl sites for hydroxylation is 1. The minimum atomic E-state index is -0.226. The van der Waals surface area contributed by atoms with E-state index in [1.165, 1.54) is 0 Å². The first-order valence-electron chi connectivity index (χ1n) is 5.16. The number of aromatic hydroxyl groups is 1. The molecule has 1 aliphatic rings. The molecule has 1 aliphatic heterocycles. The molecule has 2 unspecified atom stereocenters. The average molecular weight is 208 g/mol. The van der Waals surface area contributed by atoms with Crippen LogP contribution in [0.1, 0.15) is 36.6 Å². The molecule has 0 aliphatic carbocycles. The van der Waals surface area contributed by atoms with E-state index in [0.717, 1.165) is 22.4 Å². The number of rotatable bonds is 0. The van der Waals surface area contributed by atoms with Crippen LogP contribution in [0.5, 0.6) is 11.5 Å². The van der Waals surface area contributed by atoms with Gasteiger partial charge in [-0.2, -0.15) is 0 Å². The molecule has 0 radical (unpaired) electrons. The molecule has 15 heavy (non-hydrogen) atoms. The molecular formula is C12H16O3. The zero-order valence-corrected chi connectivity index (χ0v) is 9.50. The van der Waals surface area contributed by atoms with Gasteiger partial charge in [0, 0.05) is 11.1 Å². The summed E-state index contributed by atoms with van der Waals surface area (Å²) in [6.45, 7) is 7.60. The number of benzene rings is 1. The minimum absolute atomic E-state index is 0.0322. The van der Waals surface area contributed by atoms with Crippen LogP contribution in [-0.4, -0.2) is 11.4 Å². The molecule has 0 fully saturated rings. The Morgan fingerprint density at radius 3 is 2.60 bits per heavy atom. The summed E-state index contributed by atoms with van der Waals surface area (Å²) in [4.78, 5) is 0. The number of hydrogen-bond donors (Lipinski definition) is 1. The molecule has 0 saturated carbocycles. The lowest BCUT2D eigenvalue weighted by Gasteiger charge is -2.30. The van der Waals surface area contributed by atoms with E-state index < -0.39 is 0 Å². The van der Waals surface area contributed by atoms with Crippen LogP contribution in [0, 0.1) is 13.8 Å². The summed E-state index contributed by atoms with van der Waals surface area (Å²) in [6, 6.07) is 1.87. The summed E-state index contributed by atoms with van der Waals surface area (Å²) in [5.74, 6) is 1.16. The van der Waals surface area contributed by atoms with Gasteiger partial charge in [-0.25, -0.2) is 0 Å². The number of hydrogen-bond acceptors (Lipinski definition) is 3. The third kappa shape index (κ3) is 1.57. The molecule has 1 N–H and O–H groups in total. The predicted molar refractivity (Wildman–Crippen MR) is 57.2 cm³/mol. The first kappa shape index (κ1) is 10.3. The van der Waals surface area contributed by atoms with Crippen molar-refractivity contribution in [3.63, 3.8) is 0 Å². The van der Waals surface area contributed by atoms with Crippen molar-refractivity contribution in [1.82, 2.24) is 0 Å². The van der Waals surface area contributed by atoms with Crippen LogP contribution in [0.2, 0.25) is 0 Å². The second-order valence-electron chi connectivity index (χ2n) is 4.04. The molecule has 2 atom stereocenters. The van der Waals surface area contributed by atoms with Crippen LogP contribution in [-0.2, 0) is 4.74 Å². The highest BCUT2D eigenvalue weighted by molar-refractivity contribution is 5.53. The van der Waals surface area contributed by atoms with Gasteiger partial charge in [-0.05, 0) is 39.3 Å². The summed E-state index contributed by atoms with van der Waals surface area (Å²) >= 11 is 0. The van der Waals surface area contributed by atoms with Gasteiger partial charge in [-0.1, -0.05) is 0 Å². The zero-order valence-electron chi connectivity index (χ0n) is 9.50. The molecule has 82 valence electrons. The van der Waals surface area contributed by atoms with E-state index in [-0.39, 0.29) is 12.4 Å². The lowest BCUT2D eigenvalue weighted by atomic mass is 9.98. The summed E-state index contributed by atoms with van der Waals surface area (Å²) in [7, 11) is 0. The van der Waals surface area contributed by atoms with Crippen molar-refractivity contribution in [2.75, 3.05) is 0 Å². The largest absolute Gasteiger partial charge is 0.507 e. The Bertz CT molecular complexity index is 398. The highest BCUT2D eigenvalue weighted by Gasteiger charge is 2.26. The van der Waals surface area contributed by atoms with Crippen LogP contribution in [0.25, 0.3) is 0 Å². The molecule has 0 aromatic heterocycles. The Hall–Kier alpha value is -1.22. The predicted octanol–water partition coefficient (Wildman–Crippen LogP) is 2.83. The fraction of sp³-hybridized carbons (Fsp3) is 0.500. The molecule has 3 nitrogen and oxygen atoms in total. The topological polar surface area (TPSA) is 38.7 Å². The Kier molecular flexibility index (Phi) is 2.35. The summed E-state index contributed by atoms with van der Waals surface area (Å²) in [5, 5.41) is 9.83. The van der Waals surface area contributed by atoms with Crippen molar-refractivity contribution in [3.8, 4) is 11.5 Å². The first-order valence-corrected chi connectivity index (χ1v) is 5.16. The second kappa shape index (κ2) is 3.42. The number of ether oxygens (including phenoxy) is 2. The third-order valence-electron chi connectivity index (χ3n) is 2.84. The Morgan fingerprint density at radius 1 is 1.27 bits per heavy atom. The maximum atomic E-state index is 9.83. The molecule has 0 spiro atoms. The Balaban J connectivity index is 2.60. The summed E-state index contributed by atoms with van der Waals surface area (Å²) < 4.78 is 11.1. The molecule has 1 aromatic rings. The first-order chi connectivity index (χ1) is 7.00. The van der Waals surface area contributed by atoms with Crippen molar-refractivity contribution < 1.29 is 14.6 Å². The summed E-state index contributed by atoms with van der Waals surface area (Å²) in [6.07, 6.45) is -0.258. The molecule has 0 saturated heterocycles. The van der Waals surface area contributed by atoms with E-state index in [1.54, 1.807) is 0 Å². The lowest BCUT2D eigenvalue weighted by Crippen LogP contribution is -2.25. The minimum Gasteiger partial charge on any atom is -0.507 e. The fourth-order valence-corrected chi connectivity index (χ4v) is 2.12. The molecule has 1 heterocycles. The lowest BCUT2D eigenvalue weighted by molar-refractivity contribution is -0.123. The summed E-state index contributed by atoms with van der Waals surface area (Å²) in [5.41, 5.74) is 2.65. The van der Waals surface area contributed by atoms with Gasteiger partial charge in [0.1, 0.15) is 11.5 Å². The highest BCUT2D eigenvalue weighted by Crippen LogP contribution is 2.41. The zero-order chi connectivity index (χ0) is 11.2. The number of phenolic OH excluding ortho intramolecular Hbond substituents is 1. The van der Waals surface area contributed by atoms with E-state index in [9.17, 15) is 5.11 Å². The SMILES string of the molecule is Cc1cc2c(c(C)c1O)C(C)OC(C)O2. The van der Waals surface area contributed by atoms with Crippen LogP contribution >= 0.6 is 0 Å². The van der Waals surface area contributed by atoms with Gasteiger partial charge in [-0.15, -0.1) is 0 Å². The van der Waals surface area contributed by atoms with Gasteiger partial charge < -0.3 is 14.6 Å². The normalized spacial score (nSPS) is 24.5.